The largest absolute Gasteiger partial charge is 0.246 e. The van der Waals surface area contributed by atoms with E-state index in [9.17, 15) is 0 Å². The van der Waals surface area contributed by atoms with Crippen molar-refractivity contribution in [1.82, 2.24) is 4.98 Å². The fraction of sp³-hybridized carbons (Fsp3) is 0.111. The third kappa shape index (κ3) is 1.91. The SMILES string of the molecule is C=CCc1ccnc(C#N)c1. The van der Waals surface area contributed by atoms with Crippen LogP contribution in [-0.2, 0) is 6.42 Å². The number of hydrogen-bond donors (Lipinski definition) is 0. The van der Waals surface area contributed by atoms with Crippen LogP contribution in [0.1, 0.15) is 11.3 Å². The van der Waals surface area contributed by atoms with Crippen molar-refractivity contribution in [2.45, 2.75) is 6.42 Å². The van der Waals surface area contributed by atoms with Gasteiger partial charge in [-0.15, -0.1) is 6.58 Å². The molecule has 0 spiro atoms. The Bertz CT molecular complexity index is 297. The molecule has 0 unspecified atom stereocenters. The van der Waals surface area contributed by atoms with E-state index in [1.54, 1.807) is 18.3 Å². The lowest BCUT2D eigenvalue weighted by molar-refractivity contribution is 1.18. The average Bonchev–Trinajstić information content (AvgIpc) is 2.06. The van der Waals surface area contributed by atoms with Gasteiger partial charge in [0.2, 0.25) is 0 Å². The second-order valence-corrected chi connectivity index (χ2v) is 2.15. The summed E-state index contributed by atoms with van der Waals surface area (Å²) in [7, 11) is 0. The van der Waals surface area contributed by atoms with Crippen molar-refractivity contribution in [3.05, 3.63) is 42.2 Å². The summed E-state index contributed by atoms with van der Waals surface area (Å²) in [4.78, 5) is 3.84. The van der Waals surface area contributed by atoms with Crippen molar-refractivity contribution in [3.8, 4) is 6.07 Å². The van der Waals surface area contributed by atoms with Crippen LogP contribution in [0.2, 0.25) is 0 Å². The molecular formula is C9H8N2. The maximum absolute atomic E-state index is 8.49. The maximum Gasteiger partial charge on any atom is 0.140 e. The van der Waals surface area contributed by atoms with Crippen LogP contribution in [0.3, 0.4) is 0 Å². The van der Waals surface area contributed by atoms with E-state index in [0.29, 0.717) is 5.69 Å². The first-order chi connectivity index (χ1) is 5.36. The molecule has 0 bridgehead atoms. The van der Waals surface area contributed by atoms with Gasteiger partial charge in [-0.1, -0.05) is 6.08 Å². The van der Waals surface area contributed by atoms with Gasteiger partial charge < -0.3 is 0 Å². The molecule has 1 aromatic rings. The van der Waals surface area contributed by atoms with Gasteiger partial charge in [0, 0.05) is 6.20 Å². The van der Waals surface area contributed by atoms with Gasteiger partial charge in [-0.25, -0.2) is 4.98 Å². The Labute approximate surface area is 65.8 Å². The molecule has 0 radical (unpaired) electrons. The van der Waals surface area contributed by atoms with Crippen LogP contribution in [0.4, 0.5) is 0 Å². The Morgan fingerprint density at radius 2 is 2.55 bits per heavy atom. The van der Waals surface area contributed by atoms with E-state index >= 15 is 0 Å². The lowest BCUT2D eigenvalue weighted by atomic mass is 10.2. The Morgan fingerprint density at radius 1 is 1.73 bits per heavy atom. The number of nitrogens with zero attached hydrogens (tertiary/aromatic N) is 2. The van der Waals surface area contributed by atoms with E-state index < -0.39 is 0 Å². The van der Waals surface area contributed by atoms with Gasteiger partial charge in [0.05, 0.1) is 0 Å². The minimum Gasteiger partial charge on any atom is -0.246 e. The zero-order chi connectivity index (χ0) is 8.10. The van der Waals surface area contributed by atoms with Crippen molar-refractivity contribution in [2.24, 2.45) is 0 Å². The molecule has 0 N–H and O–H groups in total. The number of hydrogen-bond acceptors (Lipinski definition) is 2. The monoisotopic (exact) mass is 144 g/mol. The molecule has 1 heterocycles. The van der Waals surface area contributed by atoms with E-state index in [0.717, 1.165) is 12.0 Å². The van der Waals surface area contributed by atoms with Crippen LogP contribution >= 0.6 is 0 Å². The summed E-state index contributed by atoms with van der Waals surface area (Å²) in [6.07, 6.45) is 4.23. The number of aromatic nitrogens is 1. The van der Waals surface area contributed by atoms with Crippen LogP contribution in [-0.4, -0.2) is 4.98 Å². The van der Waals surface area contributed by atoms with Gasteiger partial charge >= 0.3 is 0 Å². The minimum atomic E-state index is 0.462. The predicted octanol–water partition coefficient (Wildman–Crippen LogP) is 1.68. The van der Waals surface area contributed by atoms with Crippen molar-refractivity contribution in [2.75, 3.05) is 0 Å². The van der Waals surface area contributed by atoms with Crippen molar-refractivity contribution >= 4 is 0 Å². The predicted molar refractivity (Wildman–Crippen MR) is 42.9 cm³/mol. The highest BCUT2D eigenvalue weighted by Gasteiger charge is 1.92. The molecule has 1 rings (SSSR count). The van der Waals surface area contributed by atoms with E-state index in [1.165, 1.54) is 0 Å². The van der Waals surface area contributed by atoms with Crippen LogP contribution in [0.25, 0.3) is 0 Å². The minimum absolute atomic E-state index is 0.462. The highest BCUT2D eigenvalue weighted by atomic mass is 14.7. The van der Waals surface area contributed by atoms with Crippen molar-refractivity contribution in [3.63, 3.8) is 0 Å². The molecule has 0 atom stereocenters. The maximum atomic E-state index is 8.49. The van der Waals surface area contributed by atoms with Crippen LogP contribution in [0.15, 0.2) is 31.0 Å². The standard InChI is InChI=1S/C9H8N2/c1-2-3-8-4-5-11-9(6-8)7-10/h2,4-6H,1,3H2. The first-order valence-corrected chi connectivity index (χ1v) is 3.32. The number of nitriles is 1. The summed E-state index contributed by atoms with van der Waals surface area (Å²) in [5.74, 6) is 0. The summed E-state index contributed by atoms with van der Waals surface area (Å²) in [6.45, 7) is 3.61. The molecule has 0 aliphatic heterocycles. The van der Waals surface area contributed by atoms with Crippen LogP contribution in [0.5, 0.6) is 0 Å². The van der Waals surface area contributed by atoms with Crippen molar-refractivity contribution in [1.29, 1.82) is 5.26 Å². The highest BCUT2D eigenvalue weighted by molar-refractivity contribution is 5.26. The third-order valence-electron chi connectivity index (χ3n) is 1.32. The smallest absolute Gasteiger partial charge is 0.140 e. The van der Waals surface area contributed by atoms with E-state index in [-0.39, 0.29) is 0 Å². The molecular weight excluding hydrogens is 136 g/mol. The summed E-state index contributed by atoms with van der Waals surface area (Å²) in [5.41, 5.74) is 1.54. The molecule has 1 aromatic heterocycles. The Hall–Kier alpha value is -1.62. The molecule has 0 saturated carbocycles. The molecule has 54 valence electrons. The second-order valence-electron chi connectivity index (χ2n) is 2.15. The normalized spacial score (nSPS) is 8.64. The summed E-state index contributed by atoms with van der Waals surface area (Å²) < 4.78 is 0. The molecule has 2 heteroatoms. The number of pyridine rings is 1. The molecule has 0 aromatic carbocycles. The summed E-state index contributed by atoms with van der Waals surface area (Å²) in [5, 5.41) is 8.49. The molecule has 2 nitrogen and oxygen atoms in total. The van der Waals surface area contributed by atoms with E-state index in [4.69, 9.17) is 5.26 Å². The fourth-order valence-corrected chi connectivity index (χ4v) is 0.829. The molecule has 0 aliphatic rings. The highest BCUT2D eigenvalue weighted by Crippen LogP contribution is 2.01. The summed E-state index contributed by atoms with van der Waals surface area (Å²) in [6, 6.07) is 5.62. The van der Waals surface area contributed by atoms with Gasteiger partial charge in [-0.05, 0) is 24.1 Å². The first-order valence-electron chi connectivity index (χ1n) is 3.32. The number of allylic oxidation sites excluding steroid dienone is 1. The van der Waals surface area contributed by atoms with Gasteiger partial charge in [-0.3, -0.25) is 0 Å². The lowest BCUT2D eigenvalue weighted by Crippen LogP contribution is -1.85. The zero-order valence-electron chi connectivity index (χ0n) is 6.12. The summed E-state index contributed by atoms with van der Waals surface area (Å²) >= 11 is 0. The fourth-order valence-electron chi connectivity index (χ4n) is 0.829. The van der Waals surface area contributed by atoms with Crippen LogP contribution < -0.4 is 0 Å². The lowest BCUT2D eigenvalue weighted by Gasteiger charge is -1.93. The average molecular weight is 144 g/mol. The third-order valence-corrected chi connectivity index (χ3v) is 1.32. The van der Waals surface area contributed by atoms with Gasteiger partial charge in [0.15, 0.2) is 0 Å². The Balaban J connectivity index is 2.93. The van der Waals surface area contributed by atoms with Crippen molar-refractivity contribution < 1.29 is 0 Å². The van der Waals surface area contributed by atoms with Gasteiger partial charge in [0.25, 0.3) is 0 Å². The Kier molecular flexibility index (Phi) is 2.40. The topological polar surface area (TPSA) is 36.7 Å². The zero-order valence-corrected chi connectivity index (χ0v) is 6.12. The van der Waals surface area contributed by atoms with Crippen LogP contribution in [0, 0.1) is 11.3 Å². The van der Waals surface area contributed by atoms with Gasteiger partial charge in [0.1, 0.15) is 11.8 Å². The quantitative estimate of drug-likeness (QED) is 0.592. The molecule has 0 saturated heterocycles. The molecule has 0 aliphatic carbocycles. The second kappa shape index (κ2) is 3.52. The molecule has 0 amide bonds. The molecule has 11 heavy (non-hydrogen) atoms. The Morgan fingerprint density at radius 3 is 3.18 bits per heavy atom. The van der Waals surface area contributed by atoms with Gasteiger partial charge in [-0.2, -0.15) is 5.26 Å². The van der Waals surface area contributed by atoms with E-state index in [1.807, 2.05) is 12.1 Å². The van der Waals surface area contributed by atoms with E-state index in [2.05, 4.69) is 11.6 Å². The number of rotatable bonds is 2. The first kappa shape index (κ1) is 7.49. The molecule has 0 fully saturated rings.